The summed E-state index contributed by atoms with van der Waals surface area (Å²) >= 11 is 0. The maximum Gasteiger partial charge on any atom is 0.417 e. The lowest BCUT2D eigenvalue weighted by atomic mass is 9.72. The van der Waals surface area contributed by atoms with Gasteiger partial charge < -0.3 is 0 Å². The molecule has 11 aromatic rings. The molecule has 11 aromatic carbocycles. The van der Waals surface area contributed by atoms with Crippen LogP contribution in [-0.4, -0.2) is 0 Å². The molecule has 6 heteroatoms. The minimum atomic E-state index is -5.37. The molecule has 0 bridgehead atoms. The van der Waals surface area contributed by atoms with E-state index in [-0.39, 0.29) is 22.3 Å². The Labute approximate surface area is 578 Å². The lowest BCUT2D eigenvalue weighted by Gasteiger charge is -2.33. The van der Waals surface area contributed by atoms with Crippen molar-refractivity contribution >= 4 is 0 Å². The third kappa shape index (κ3) is 13.9. The summed E-state index contributed by atoms with van der Waals surface area (Å²) in [5.41, 5.74) is 4.68. The van der Waals surface area contributed by atoms with E-state index in [4.69, 9.17) is 0 Å². The topological polar surface area (TPSA) is 0 Å². The number of hydrogen-bond donors (Lipinski definition) is 0. The average molecular weight is 1310 g/mol. The maximum atomic E-state index is 19.0. The minimum absolute atomic E-state index is 0.000796. The Hall–Kier alpha value is -9.00. The minimum Gasteiger partial charge on any atom is -0.166 e. The highest BCUT2D eigenvalue weighted by atomic mass is 19.4. The van der Waals surface area contributed by atoms with Crippen LogP contribution in [0.5, 0.6) is 0 Å². The molecule has 0 aromatic heterocycles. The molecular formula is C92H92F6. The third-order valence-corrected chi connectivity index (χ3v) is 19.1. The van der Waals surface area contributed by atoms with Crippen molar-refractivity contribution in [1.29, 1.82) is 0 Å². The maximum absolute atomic E-state index is 19.0. The number of alkyl halides is 6. The highest BCUT2D eigenvalue weighted by Crippen LogP contribution is 2.61. The first-order valence-corrected chi connectivity index (χ1v) is 34.2. The monoisotopic (exact) mass is 1310 g/mol. The zero-order chi connectivity index (χ0) is 71.0. The van der Waals surface area contributed by atoms with Crippen molar-refractivity contribution in [3.05, 3.63) is 275 Å². The van der Waals surface area contributed by atoms with E-state index in [2.05, 4.69) is 83.1 Å². The van der Waals surface area contributed by atoms with Crippen molar-refractivity contribution in [2.45, 2.75) is 169 Å². The highest BCUT2D eigenvalue weighted by molar-refractivity contribution is 6.08. The molecule has 0 saturated carbocycles. The fourth-order valence-corrected chi connectivity index (χ4v) is 14.8. The van der Waals surface area contributed by atoms with Gasteiger partial charge in [-0.25, -0.2) is 0 Å². The van der Waals surface area contributed by atoms with E-state index in [0.29, 0.717) is 44.5 Å². The Morgan fingerprint density at radius 2 is 0.337 bits per heavy atom. The Balaban J connectivity index is 1.51. The van der Waals surface area contributed by atoms with Crippen LogP contribution in [0.25, 0.3) is 111 Å². The number of rotatable bonds is 10. The molecule has 502 valence electrons. The molecule has 0 fully saturated rings. The molecule has 0 N–H and O–H groups in total. The number of halogens is 6. The molecule has 0 spiro atoms. The zero-order valence-corrected chi connectivity index (χ0v) is 60.2. The molecule has 0 heterocycles. The molecular weight excluding hydrogens is 1220 g/mol. The molecule has 0 amide bonds. The molecule has 0 nitrogen and oxygen atoms in total. The van der Waals surface area contributed by atoms with Gasteiger partial charge in [0.1, 0.15) is 0 Å². The molecule has 0 aliphatic heterocycles. The van der Waals surface area contributed by atoms with E-state index in [1.165, 1.54) is 0 Å². The second kappa shape index (κ2) is 25.7. The van der Waals surface area contributed by atoms with E-state index < -0.39 is 78.2 Å². The van der Waals surface area contributed by atoms with Crippen LogP contribution < -0.4 is 0 Å². The Morgan fingerprint density at radius 3 is 0.541 bits per heavy atom. The van der Waals surface area contributed by atoms with Gasteiger partial charge in [0.05, 0.1) is 11.1 Å². The standard InChI is InChI=1S/C92H92F6/c1-85(2,3)73-45-29-23-35-63(73)57-51-58(64-36-24-30-46-74(64)86(4,5)6)54-61(53-57)79-81(71-43-21-19-39-67(71)69-41-27-33-49-77(69)89(13,14)15)84(92(96,97)98)80(82(83(79)91(93,94)95)72-44-22-20-40-68(72)70-42-28-34-50-78(70)90(16,17)18)62-55-59(65-37-25-31-47-75(65)87(7,8)9)52-60(56-62)66-38-26-32-48-76(66)88(10,11)12/h19-56H,1-18H3. The first-order chi connectivity index (χ1) is 45.7. The van der Waals surface area contributed by atoms with Gasteiger partial charge in [-0.05, 0) is 191 Å². The second-order valence-corrected chi connectivity index (χ2v) is 32.7. The molecule has 0 aliphatic rings. The van der Waals surface area contributed by atoms with Gasteiger partial charge in [-0.2, -0.15) is 26.3 Å². The molecule has 0 saturated heterocycles. The first-order valence-electron chi connectivity index (χ1n) is 34.2. The summed E-state index contributed by atoms with van der Waals surface area (Å²) < 4.78 is 114. The van der Waals surface area contributed by atoms with Crippen molar-refractivity contribution in [1.82, 2.24) is 0 Å². The normalized spacial score (nSPS) is 12.9. The lowest BCUT2D eigenvalue weighted by Crippen LogP contribution is -2.19. The van der Waals surface area contributed by atoms with E-state index in [1.807, 2.05) is 199 Å². The van der Waals surface area contributed by atoms with Gasteiger partial charge >= 0.3 is 12.4 Å². The van der Waals surface area contributed by atoms with Gasteiger partial charge in [-0.15, -0.1) is 0 Å². The van der Waals surface area contributed by atoms with Crippen LogP contribution in [0.4, 0.5) is 26.3 Å². The van der Waals surface area contributed by atoms with E-state index in [1.54, 1.807) is 72.8 Å². The Kier molecular flexibility index (Phi) is 18.4. The van der Waals surface area contributed by atoms with Crippen LogP contribution in [0.3, 0.4) is 0 Å². The molecule has 98 heavy (non-hydrogen) atoms. The number of hydrogen-bond acceptors (Lipinski definition) is 0. The summed E-state index contributed by atoms with van der Waals surface area (Å²) in [7, 11) is 0. The van der Waals surface area contributed by atoms with Gasteiger partial charge in [0.2, 0.25) is 0 Å². The quantitative estimate of drug-likeness (QED) is 0.120. The van der Waals surface area contributed by atoms with Gasteiger partial charge in [0.25, 0.3) is 0 Å². The summed E-state index contributed by atoms with van der Waals surface area (Å²) in [5, 5.41) is 0. The summed E-state index contributed by atoms with van der Waals surface area (Å²) in [6, 6.07) is 71.3. The van der Waals surface area contributed by atoms with Crippen molar-refractivity contribution in [2.24, 2.45) is 0 Å². The third-order valence-electron chi connectivity index (χ3n) is 19.1. The summed E-state index contributed by atoms with van der Waals surface area (Å²) in [6.07, 6.45) is -10.7. The van der Waals surface area contributed by atoms with E-state index >= 15 is 26.3 Å². The highest BCUT2D eigenvalue weighted by Gasteiger charge is 2.48. The van der Waals surface area contributed by atoms with Gasteiger partial charge in [0.15, 0.2) is 0 Å². The van der Waals surface area contributed by atoms with Crippen LogP contribution in [0.2, 0.25) is 0 Å². The fourth-order valence-electron chi connectivity index (χ4n) is 14.8. The second-order valence-electron chi connectivity index (χ2n) is 32.7. The smallest absolute Gasteiger partial charge is 0.166 e. The van der Waals surface area contributed by atoms with Crippen LogP contribution in [-0.2, 0) is 44.8 Å². The summed E-state index contributed by atoms with van der Waals surface area (Å²) in [6.45, 7) is 37.4. The largest absolute Gasteiger partial charge is 0.417 e. The summed E-state index contributed by atoms with van der Waals surface area (Å²) in [5.74, 6) is 0. The van der Waals surface area contributed by atoms with Crippen LogP contribution in [0, 0.1) is 0 Å². The predicted molar refractivity (Wildman–Crippen MR) is 403 cm³/mol. The van der Waals surface area contributed by atoms with Gasteiger partial charge in [-0.3, -0.25) is 0 Å². The van der Waals surface area contributed by atoms with Crippen molar-refractivity contribution in [3.8, 4) is 111 Å². The molecule has 0 aliphatic carbocycles. The van der Waals surface area contributed by atoms with Crippen molar-refractivity contribution < 1.29 is 26.3 Å². The lowest BCUT2D eigenvalue weighted by molar-refractivity contribution is -0.139. The van der Waals surface area contributed by atoms with E-state index in [0.717, 1.165) is 55.6 Å². The van der Waals surface area contributed by atoms with Gasteiger partial charge in [-0.1, -0.05) is 319 Å². The van der Waals surface area contributed by atoms with E-state index in [9.17, 15) is 0 Å². The molecule has 0 radical (unpaired) electrons. The Morgan fingerprint density at radius 1 is 0.173 bits per heavy atom. The van der Waals surface area contributed by atoms with Crippen molar-refractivity contribution in [2.75, 3.05) is 0 Å². The first kappa shape index (κ1) is 70.3. The average Bonchev–Trinajstić information content (AvgIpc) is 0.698. The van der Waals surface area contributed by atoms with Crippen LogP contribution >= 0.6 is 0 Å². The molecule has 11 rings (SSSR count). The molecule has 0 unspecified atom stereocenters. The molecule has 0 atom stereocenters. The number of benzene rings is 11. The van der Waals surface area contributed by atoms with Crippen LogP contribution in [0.1, 0.15) is 169 Å². The zero-order valence-electron chi connectivity index (χ0n) is 60.2. The Bertz CT molecular complexity index is 4350. The van der Waals surface area contributed by atoms with Crippen molar-refractivity contribution in [3.63, 3.8) is 0 Å². The fraction of sp³-hybridized carbons (Fsp3) is 0.283. The predicted octanol–water partition coefficient (Wildman–Crippen LogP) is 28.2. The van der Waals surface area contributed by atoms with Crippen LogP contribution in [0.15, 0.2) is 231 Å². The summed E-state index contributed by atoms with van der Waals surface area (Å²) in [4.78, 5) is 0. The van der Waals surface area contributed by atoms with Gasteiger partial charge in [0, 0.05) is 22.3 Å². The SMILES string of the molecule is CC(C)(C)c1ccccc1-c1cc(-c2ccccc2C(C)(C)C)cc(-c2c(-c3ccccc3-c3ccccc3C(C)(C)C)c(C(F)(F)F)c(-c3cc(-c4ccccc4C(C)(C)C)cc(-c4ccccc4C(C)(C)C)c3)c(-c3ccccc3-c3ccccc3C(C)(C)C)c2C(F)(F)F)c1.